The molecule has 7 heteroatoms. The van der Waals surface area contributed by atoms with Crippen LogP contribution in [0.2, 0.25) is 0 Å². The van der Waals surface area contributed by atoms with Gasteiger partial charge in [0, 0.05) is 18.9 Å². The van der Waals surface area contributed by atoms with Gasteiger partial charge in [-0.2, -0.15) is 0 Å². The Balaban J connectivity index is 1.48. The quantitative estimate of drug-likeness (QED) is 0.818. The van der Waals surface area contributed by atoms with Gasteiger partial charge in [0.1, 0.15) is 6.61 Å². The molecule has 2 aromatic rings. The number of amides is 3. The smallest absolute Gasteiger partial charge is 0.410 e. The fraction of sp³-hybridized carbons (Fsp3) is 0.350. The SMILES string of the molecule is C[C@@H]1C(=O)N(C(=O)n2cccc2)[C@H]2CCN(C(=O)OCc3ccccc3)[C@H]12. The first-order chi connectivity index (χ1) is 13.1. The van der Waals surface area contributed by atoms with Crippen molar-refractivity contribution in [3.63, 3.8) is 0 Å². The lowest BCUT2D eigenvalue weighted by molar-refractivity contribution is -0.129. The lowest BCUT2D eigenvalue weighted by atomic mass is 10.0. The van der Waals surface area contributed by atoms with Crippen LogP contribution in [0, 0.1) is 5.92 Å². The molecule has 2 fully saturated rings. The number of imide groups is 1. The molecule has 0 bridgehead atoms. The number of ether oxygens (including phenoxy) is 1. The molecule has 0 unspecified atom stereocenters. The molecule has 3 heterocycles. The summed E-state index contributed by atoms with van der Waals surface area (Å²) in [6.45, 7) is 2.42. The third-order valence-corrected chi connectivity index (χ3v) is 5.36. The Hall–Kier alpha value is -3.09. The zero-order valence-electron chi connectivity index (χ0n) is 15.0. The summed E-state index contributed by atoms with van der Waals surface area (Å²) in [4.78, 5) is 40.9. The fourth-order valence-corrected chi connectivity index (χ4v) is 4.05. The molecule has 0 saturated carbocycles. The number of nitrogens with zero attached hydrogens (tertiary/aromatic N) is 3. The van der Waals surface area contributed by atoms with Crippen molar-refractivity contribution in [1.29, 1.82) is 0 Å². The summed E-state index contributed by atoms with van der Waals surface area (Å²) in [5.41, 5.74) is 0.904. The zero-order valence-corrected chi connectivity index (χ0v) is 15.0. The van der Waals surface area contributed by atoms with Crippen LogP contribution in [0.25, 0.3) is 0 Å². The van der Waals surface area contributed by atoms with E-state index in [0.29, 0.717) is 13.0 Å². The van der Waals surface area contributed by atoms with Gasteiger partial charge in [0.05, 0.1) is 18.0 Å². The summed E-state index contributed by atoms with van der Waals surface area (Å²) in [6.07, 6.45) is 3.36. The lowest BCUT2D eigenvalue weighted by Crippen LogP contribution is -2.44. The number of hydrogen-bond acceptors (Lipinski definition) is 4. The Morgan fingerprint density at radius 2 is 1.81 bits per heavy atom. The van der Waals surface area contributed by atoms with Gasteiger partial charge >= 0.3 is 12.1 Å². The number of benzene rings is 1. The van der Waals surface area contributed by atoms with Crippen molar-refractivity contribution in [3.8, 4) is 0 Å². The van der Waals surface area contributed by atoms with Crippen molar-refractivity contribution < 1.29 is 19.1 Å². The van der Waals surface area contributed by atoms with Crippen LogP contribution in [0.15, 0.2) is 54.9 Å². The molecule has 0 spiro atoms. The molecule has 0 aliphatic carbocycles. The Morgan fingerprint density at radius 1 is 1.11 bits per heavy atom. The fourth-order valence-electron chi connectivity index (χ4n) is 4.05. The normalized spacial score (nSPS) is 24.2. The summed E-state index contributed by atoms with van der Waals surface area (Å²) < 4.78 is 6.83. The maximum Gasteiger partial charge on any atom is 0.410 e. The Labute approximate surface area is 157 Å². The average molecular weight is 367 g/mol. The van der Waals surface area contributed by atoms with Crippen LogP contribution in [0.1, 0.15) is 18.9 Å². The van der Waals surface area contributed by atoms with Crippen LogP contribution in [0.4, 0.5) is 9.59 Å². The minimum atomic E-state index is -0.443. The standard InChI is InChI=1S/C20H21N3O4/c1-14-17-16(23(18(14)24)19(25)21-10-5-6-11-21)9-12-22(17)20(26)27-13-15-7-3-2-4-8-15/h2-8,10-11,14,16-17H,9,12-13H2,1H3/t14-,16-,17+/m0/s1. The first-order valence-corrected chi connectivity index (χ1v) is 9.05. The molecule has 3 atom stereocenters. The van der Waals surface area contributed by atoms with Crippen molar-refractivity contribution in [2.75, 3.05) is 6.54 Å². The van der Waals surface area contributed by atoms with E-state index < -0.39 is 12.0 Å². The van der Waals surface area contributed by atoms with Crippen molar-refractivity contribution >= 4 is 18.0 Å². The van der Waals surface area contributed by atoms with Gasteiger partial charge < -0.3 is 9.64 Å². The number of aromatic nitrogens is 1. The van der Waals surface area contributed by atoms with Gasteiger partial charge in [0.25, 0.3) is 0 Å². The molecule has 1 aromatic heterocycles. The Morgan fingerprint density at radius 3 is 2.52 bits per heavy atom. The van der Waals surface area contributed by atoms with Crippen LogP contribution < -0.4 is 0 Å². The highest BCUT2D eigenvalue weighted by molar-refractivity contribution is 5.99. The maximum absolute atomic E-state index is 12.7. The van der Waals surface area contributed by atoms with Gasteiger partial charge in [0.15, 0.2) is 0 Å². The van der Waals surface area contributed by atoms with E-state index in [1.165, 1.54) is 9.47 Å². The minimum Gasteiger partial charge on any atom is -0.445 e. The van der Waals surface area contributed by atoms with E-state index in [0.717, 1.165) is 5.56 Å². The largest absolute Gasteiger partial charge is 0.445 e. The number of rotatable bonds is 2. The second kappa shape index (κ2) is 6.90. The number of carbonyl (C=O) groups is 3. The van der Waals surface area contributed by atoms with Crippen LogP contribution in [-0.2, 0) is 16.1 Å². The number of hydrogen-bond donors (Lipinski definition) is 0. The molecule has 4 rings (SSSR count). The second-order valence-corrected chi connectivity index (χ2v) is 6.95. The van der Waals surface area contributed by atoms with Gasteiger partial charge in [-0.1, -0.05) is 37.3 Å². The van der Waals surface area contributed by atoms with Crippen molar-refractivity contribution in [1.82, 2.24) is 14.4 Å². The van der Waals surface area contributed by atoms with E-state index in [-0.39, 0.29) is 30.6 Å². The van der Waals surface area contributed by atoms with Crippen molar-refractivity contribution in [2.45, 2.75) is 32.0 Å². The molecule has 1 aromatic carbocycles. The average Bonchev–Trinajstić information content (AvgIpc) is 3.40. The molecule has 7 nitrogen and oxygen atoms in total. The van der Waals surface area contributed by atoms with Gasteiger partial charge in [-0.3, -0.25) is 14.3 Å². The number of carbonyl (C=O) groups excluding carboxylic acids is 3. The molecule has 140 valence electrons. The summed E-state index contributed by atoms with van der Waals surface area (Å²) in [7, 11) is 0. The van der Waals surface area contributed by atoms with Gasteiger partial charge in [0.2, 0.25) is 5.91 Å². The van der Waals surface area contributed by atoms with E-state index in [4.69, 9.17) is 4.74 Å². The van der Waals surface area contributed by atoms with Gasteiger partial charge in [-0.25, -0.2) is 9.59 Å². The van der Waals surface area contributed by atoms with E-state index in [9.17, 15) is 14.4 Å². The molecule has 2 aliphatic heterocycles. The highest BCUT2D eigenvalue weighted by Crippen LogP contribution is 2.37. The zero-order chi connectivity index (χ0) is 19.0. The number of fused-ring (bicyclic) bond motifs is 1. The highest BCUT2D eigenvalue weighted by atomic mass is 16.6. The molecular formula is C20H21N3O4. The molecule has 3 amide bonds. The van der Waals surface area contributed by atoms with Crippen LogP contribution in [-0.4, -0.2) is 51.0 Å². The Bertz CT molecular complexity index is 849. The lowest BCUT2D eigenvalue weighted by Gasteiger charge is -2.25. The van der Waals surface area contributed by atoms with Crippen LogP contribution in [0.5, 0.6) is 0 Å². The first kappa shape index (κ1) is 17.3. The molecule has 0 N–H and O–H groups in total. The van der Waals surface area contributed by atoms with E-state index in [2.05, 4.69) is 0 Å². The monoisotopic (exact) mass is 367 g/mol. The van der Waals surface area contributed by atoms with E-state index in [1.54, 1.807) is 36.4 Å². The molecule has 27 heavy (non-hydrogen) atoms. The van der Waals surface area contributed by atoms with Crippen molar-refractivity contribution in [2.24, 2.45) is 5.92 Å². The summed E-state index contributed by atoms with van der Waals surface area (Å²) in [5, 5.41) is 0. The molecular weight excluding hydrogens is 346 g/mol. The third-order valence-electron chi connectivity index (χ3n) is 5.36. The molecule has 2 aliphatic rings. The van der Waals surface area contributed by atoms with Crippen LogP contribution >= 0.6 is 0 Å². The first-order valence-electron chi connectivity index (χ1n) is 9.05. The predicted octanol–water partition coefficient (Wildman–Crippen LogP) is 2.71. The molecule has 2 saturated heterocycles. The highest BCUT2D eigenvalue weighted by Gasteiger charge is 2.55. The molecule has 0 radical (unpaired) electrons. The summed E-state index contributed by atoms with van der Waals surface area (Å²) >= 11 is 0. The van der Waals surface area contributed by atoms with Gasteiger partial charge in [-0.15, -0.1) is 0 Å². The minimum absolute atomic E-state index is 0.182. The van der Waals surface area contributed by atoms with Crippen LogP contribution in [0.3, 0.4) is 0 Å². The topological polar surface area (TPSA) is 71.9 Å². The summed E-state index contributed by atoms with van der Waals surface area (Å²) in [5.74, 6) is -0.689. The van der Waals surface area contributed by atoms with Crippen molar-refractivity contribution in [3.05, 3.63) is 60.4 Å². The predicted molar refractivity (Wildman–Crippen MR) is 96.8 cm³/mol. The third kappa shape index (κ3) is 2.99. The van der Waals surface area contributed by atoms with E-state index >= 15 is 0 Å². The number of likely N-dealkylation sites (tertiary alicyclic amines) is 2. The second-order valence-electron chi connectivity index (χ2n) is 6.95. The Kier molecular flexibility index (Phi) is 4.43. The summed E-state index contributed by atoms with van der Waals surface area (Å²) in [6, 6.07) is 11.9. The van der Waals surface area contributed by atoms with E-state index in [1.807, 2.05) is 30.3 Å². The van der Waals surface area contributed by atoms with Gasteiger partial charge in [-0.05, 0) is 24.1 Å². The maximum atomic E-state index is 12.7.